The highest BCUT2D eigenvalue weighted by Crippen LogP contribution is 2.36. The van der Waals surface area contributed by atoms with Crippen LogP contribution in [-0.2, 0) is 14.8 Å². The number of nitrogens with zero attached hydrogens (tertiary/aromatic N) is 1. The number of hydrogen-bond acceptors (Lipinski definition) is 7. The fraction of sp³-hybridized carbons (Fsp3) is 0.500. The molecule has 0 aliphatic carbocycles. The predicted molar refractivity (Wildman–Crippen MR) is 79.0 cm³/mol. The largest absolute Gasteiger partial charge is 0.372 e. The zero-order valence-electron chi connectivity index (χ0n) is 11.7. The van der Waals surface area contributed by atoms with Crippen molar-refractivity contribution in [2.75, 3.05) is 18.9 Å². The smallest absolute Gasteiger partial charge is 0.304 e. The Kier molecular flexibility index (Phi) is 5.63. The maximum absolute atomic E-state index is 12.1. The van der Waals surface area contributed by atoms with Crippen LogP contribution in [0.4, 0.5) is 10.7 Å². The molecule has 9 nitrogen and oxygen atoms in total. The molecule has 1 rings (SSSR count). The number of nitrogens with one attached hydrogen (secondary N) is 3. The van der Waals surface area contributed by atoms with E-state index in [1.54, 1.807) is 6.92 Å². The first-order valence-corrected chi connectivity index (χ1v) is 8.29. The summed E-state index contributed by atoms with van der Waals surface area (Å²) in [7, 11) is -2.62. The van der Waals surface area contributed by atoms with Crippen molar-refractivity contribution in [1.29, 1.82) is 0 Å². The van der Waals surface area contributed by atoms with Gasteiger partial charge in [-0.2, -0.15) is 4.72 Å². The zero-order valence-corrected chi connectivity index (χ0v) is 13.3. The lowest BCUT2D eigenvalue weighted by Gasteiger charge is -2.11. The van der Waals surface area contributed by atoms with Gasteiger partial charge < -0.3 is 10.6 Å². The summed E-state index contributed by atoms with van der Waals surface area (Å²) < 4.78 is 26.2. The number of anilines is 1. The molecule has 1 aromatic heterocycles. The monoisotopic (exact) mass is 336 g/mol. The maximum atomic E-state index is 12.1. The number of rotatable bonds is 7. The minimum Gasteiger partial charge on any atom is -0.372 e. The number of likely N-dealkylation sites (N-methyl/N-ethyl adjacent to an activating group) is 1. The number of carbonyl (C=O) groups excluding carboxylic acids is 1. The standard InChI is InChI=1S/C10H16N4O5S2/c1-4-12-10-7(14(16)17)5-8(20-10)21(18,19)13-6(2)9(15)11-3/h5-6,12-13H,4H2,1-3H3,(H,11,15). The maximum Gasteiger partial charge on any atom is 0.304 e. The van der Waals surface area contributed by atoms with Crippen molar-refractivity contribution in [1.82, 2.24) is 10.0 Å². The van der Waals surface area contributed by atoms with Gasteiger partial charge in [0.15, 0.2) is 5.00 Å². The number of carbonyl (C=O) groups is 1. The molecule has 1 heterocycles. The second-order valence-electron chi connectivity index (χ2n) is 4.02. The number of amides is 1. The molecule has 0 spiro atoms. The summed E-state index contributed by atoms with van der Waals surface area (Å²) in [6.45, 7) is 3.54. The minimum absolute atomic E-state index is 0.162. The van der Waals surface area contributed by atoms with E-state index >= 15 is 0 Å². The first-order valence-electron chi connectivity index (χ1n) is 5.99. The number of nitro groups is 1. The molecule has 1 aromatic rings. The molecule has 1 unspecified atom stereocenters. The first-order chi connectivity index (χ1) is 9.72. The lowest BCUT2D eigenvalue weighted by molar-refractivity contribution is -0.383. The van der Waals surface area contributed by atoms with Gasteiger partial charge in [0.1, 0.15) is 4.21 Å². The minimum atomic E-state index is -4.00. The van der Waals surface area contributed by atoms with E-state index in [0.717, 1.165) is 17.4 Å². The molecule has 0 saturated heterocycles. The lowest BCUT2D eigenvalue weighted by atomic mass is 10.3. The Hall–Kier alpha value is -1.72. The second kappa shape index (κ2) is 6.83. The van der Waals surface area contributed by atoms with Gasteiger partial charge in [-0.3, -0.25) is 14.9 Å². The summed E-state index contributed by atoms with van der Waals surface area (Å²) in [5, 5.41) is 16.1. The second-order valence-corrected chi connectivity index (χ2v) is 7.02. The molecule has 0 saturated carbocycles. The van der Waals surface area contributed by atoms with E-state index in [9.17, 15) is 23.3 Å². The van der Waals surface area contributed by atoms with Crippen LogP contribution in [0.2, 0.25) is 0 Å². The molecule has 0 aromatic carbocycles. The molecule has 0 aliphatic heterocycles. The molecule has 0 fully saturated rings. The Balaban J connectivity index is 3.11. The Morgan fingerprint density at radius 1 is 1.52 bits per heavy atom. The Morgan fingerprint density at radius 3 is 2.62 bits per heavy atom. The molecule has 0 radical (unpaired) electrons. The molecule has 11 heteroatoms. The predicted octanol–water partition coefficient (Wildman–Crippen LogP) is 0.501. The van der Waals surface area contributed by atoms with Crippen LogP contribution >= 0.6 is 11.3 Å². The van der Waals surface area contributed by atoms with E-state index in [-0.39, 0.29) is 14.9 Å². The third-order valence-electron chi connectivity index (χ3n) is 2.46. The van der Waals surface area contributed by atoms with E-state index in [0.29, 0.717) is 6.54 Å². The van der Waals surface area contributed by atoms with Gasteiger partial charge >= 0.3 is 5.69 Å². The van der Waals surface area contributed by atoms with Gasteiger partial charge in [-0.25, -0.2) is 8.42 Å². The molecule has 21 heavy (non-hydrogen) atoms. The van der Waals surface area contributed by atoms with Crippen LogP contribution in [0.5, 0.6) is 0 Å². The van der Waals surface area contributed by atoms with Gasteiger partial charge in [-0.1, -0.05) is 11.3 Å². The molecule has 0 bridgehead atoms. The zero-order chi connectivity index (χ0) is 16.2. The van der Waals surface area contributed by atoms with E-state index in [1.165, 1.54) is 14.0 Å². The topological polar surface area (TPSA) is 130 Å². The summed E-state index contributed by atoms with van der Waals surface area (Å²) in [6.07, 6.45) is 0. The average Bonchev–Trinajstić information content (AvgIpc) is 2.82. The van der Waals surface area contributed by atoms with Crippen LogP contribution in [0.3, 0.4) is 0 Å². The van der Waals surface area contributed by atoms with Crippen LogP contribution in [0.1, 0.15) is 13.8 Å². The molecular formula is C10H16N4O5S2. The molecule has 1 atom stereocenters. The van der Waals surface area contributed by atoms with Gasteiger partial charge in [0.05, 0.1) is 11.0 Å². The van der Waals surface area contributed by atoms with Gasteiger partial charge in [0.25, 0.3) is 10.0 Å². The highest BCUT2D eigenvalue weighted by molar-refractivity contribution is 7.91. The molecule has 0 aliphatic rings. The average molecular weight is 336 g/mol. The molecule has 118 valence electrons. The van der Waals surface area contributed by atoms with Crippen molar-refractivity contribution < 1.29 is 18.1 Å². The van der Waals surface area contributed by atoms with E-state index in [1.807, 2.05) is 0 Å². The van der Waals surface area contributed by atoms with Gasteiger partial charge in [0, 0.05) is 19.7 Å². The van der Waals surface area contributed by atoms with Crippen molar-refractivity contribution in [2.45, 2.75) is 24.1 Å². The van der Waals surface area contributed by atoms with E-state index in [4.69, 9.17) is 0 Å². The normalized spacial score (nSPS) is 12.7. The summed E-state index contributed by atoms with van der Waals surface area (Å²) in [5.41, 5.74) is -0.310. The van der Waals surface area contributed by atoms with Crippen molar-refractivity contribution in [3.63, 3.8) is 0 Å². The highest BCUT2D eigenvalue weighted by Gasteiger charge is 2.28. The summed E-state index contributed by atoms with van der Waals surface area (Å²) >= 11 is 0.746. The van der Waals surface area contributed by atoms with Crippen LogP contribution in [-0.4, -0.2) is 38.9 Å². The Morgan fingerprint density at radius 2 is 2.14 bits per heavy atom. The fourth-order valence-electron chi connectivity index (χ4n) is 1.48. The van der Waals surface area contributed by atoms with Crippen LogP contribution in [0.15, 0.2) is 10.3 Å². The van der Waals surface area contributed by atoms with Crippen molar-refractivity contribution in [2.24, 2.45) is 0 Å². The van der Waals surface area contributed by atoms with Gasteiger partial charge in [-0.05, 0) is 13.8 Å². The highest BCUT2D eigenvalue weighted by atomic mass is 32.2. The van der Waals surface area contributed by atoms with Crippen LogP contribution in [0.25, 0.3) is 0 Å². The third-order valence-corrected chi connectivity index (χ3v) is 5.56. The Labute approximate surface area is 125 Å². The van der Waals surface area contributed by atoms with Crippen LogP contribution < -0.4 is 15.4 Å². The van der Waals surface area contributed by atoms with Crippen molar-refractivity contribution in [3.05, 3.63) is 16.2 Å². The van der Waals surface area contributed by atoms with Gasteiger partial charge in [0.2, 0.25) is 5.91 Å². The summed E-state index contributed by atoms with van der Waals surface area (Å²) in [4.78, 5) is 21.6. The van der Waals surface area contributed by atoms with Crippen molar-refractivity contribution >= 4 is 38.0 Å². The Bertz CT molecular complexity index is 640. The lowest BCUT2D eigenvalue weighted by Crippen LogP contribution is -2.43. The first kappa shape index (κ1) is 17.3. The number of hydrogen-bond donors (Lipinski definition) is 3. The SMILES string of the molecule is CCNc1sc(S(=O)(=O)NC(C)C(=O)NC)cc1[N+](=O)[O-]. The molecular weight excluding hydrogens is 320 g/mol. The number of thiophene rings is 1. The van der Waals surface area contributed by atoms with E-state index in [2.05, 4.69) is 15.4 Å². The number of sulfonamides is 1. The summed E-state index contributed by atoms with van der Waals surface area (Å²) in [5.74, 6) is -0.503. The van der Waals surface area contributed by atoms with Crippen LogP contribution in [0, 0.1) is 10.1 Å². The summed E-state index contributed by atoms with van der Waals surface area (Å²) in [6, 6.07) is -0.00887. The quantitative estimate of drug-likeness (QED) is 0.491. The molecule has 1 amide bonds. The third kappa shape index (κ3) is 4.12. The molecule has 3 N–H and O–H groups in total. The van der Waals surface area contributed by atoms with E-state index < -0.39 is 26.9 Å². The fourth-order valence-corrected chi connectivity index (χ4v) is 4.09. The van der Waals surface area contributed by atoms with Gasteiger partial charge in [-0.15, -0.1) is 0 Å². The van der Waals surface area contributed by atoms with Crippen molar-refractivity contribution in [3.8, 4) is 0 Å².